The number of likely N-dealkylation sites (N-methyl/N-ethyl adjacent to an activating group) is 1. The molecule has 2 aromatic carbocycles. The van der Waals surface area contributed by atoms with Crippen LogP contribution in [0, 0.1) is 5.82 Å². The van der Waals surface area contributed by atoms with E-state index in [-0.39, 0.29) is 24.1 Å². The summed E-state index contributed by atoms with van der Waals surface area (Å²) in [4.78, 5) is 22.9. The van der Waals surface area contributed by atoms with Crippen LogP contribution in [0.4, 0.5) is 9.52 Å². The summed E-state index contributed by atoms with van der Waals surface area (Å²) in [7, 11) is 0. The van der Waals surface area contributed by atoms with E-state index in [1.165, 1.54) is 23.5 Å². The Morgan fingerprint density at radius 3 is 2.50 bits per heavy atom. The summed E-state index contributed by atoms with van der Waals surface area (Å²) in [5, 5.41) is 1.30. The second-order valence-electron chi connectivity index (χ2n) is 7.06. The SMILES string of the molecule is CCN(CC)CCN(C(=O)CCCSc1ccc(F)cc1)c1nc2c(Cl)cccc2s1.Cl. The molecule has 0 aliphatic heterocycles. The highest BCUT2D eigenvalue weighted by atomic mass is 35.5. The predicted molar refractivity (Wildman–Crippen MR) is 138 cm³/mol. The molecule has 0 atom stereocenters. The maximum Gasteiger partial charge on any atom is 0.228 e. The number of carbonyl (C=O) groups excluding carboxylic acids is 1. The van der Waals surface area contributed by atoms with Crippen LogP contribution in [0.2, 0.25) is 5.02 Å². The van der Waals surface area contributed by atoms with Gasteiger partial charge in [0.2, 0.25) is 5.91 Å². The maximum absolute atomic E-state index is 13.1. The molecule has 1 aromatic heterocycles. The first-order valence-electron chi connectivity index (χ1n) is 10.5. The first-order valence-corrected chi connectivity index (χ1v) is 12.7. The van der Waals surface area contributed by atoms with Crippen molar-refractivity contribution in [1.29, 1.82) is 0 Å². The minimum absolute atomic E-state index is 0. The molecule has 3 rings (SSSR count). The fraction of sp³-hybridized carbons (Fsp3) is 0.391. The lowest BCUT2D eigenvalue weighted by atomic mass is 10.3. The van der Waals surface area contributed by atoms with Crippen molar-refractivity contribution >= 4 is 68.4 Å². The Morgan fingerprint density at radius 2 is 1.84 bits per heavy atom. The van der Waals surface area contributed by atoms with E-state index >= 15 is 0 Å². The molecule has 0 unspecified atom stereocenters. The van der Waals surface area contributed by atoms with E-state index in [1.54, 1.807) is 23.9 Å². The van der Waals surface area contributed by atoms with Crippen molar-refractivity contribution in [1.82, 2.24) is 9.88 Å². The van der Waals surface area contributed by atoms with E-state index in [2.05, 4.69) is 23.7 Å². The molecule has 0 radical (unpaired) electrons. The third kappa shape index (κ3) is 7.32. The Labute approximate surface area is 208 Å². The Hall–Kier alpha value is -1.38. The molecule has 0 spiro atoms. The first-order chi connectivity index (χ1) is 15.0. The summed E-state index contributed by atoms with van der Waals surface area (Å²) in [6.07, 6.45) is 1.18. The molecule has 0 saturated heterocycles. The van der Waals surface area contributed by atoms with Gasteiger partial charge in [0.15, 0.2) is 5.13 Å². The van der Waals surface area contributed by atoms with Gasteiger partial charge in [-0.3, -0.25) is 9.69 Å². The zero-order valence-corrected chi connectivity index (χ0v) is 21.4. The van der Waals surface area contributed by atoms with Gasteiger partial charge in [-0.05, 0) is 61.7 Å². The molecule has 0 aliphatic rings. The number of anilines is 1. The molecule has 0 N–H and O–H groups in total. The molecule has 32 heavy (non-hydrogen) atoms. The van der Waals surface area contributed by atoms with Crippen LogP contribution < -0.4 is 4.90 Å². The third-order valence-electron chi connectivity index (χ3n) is 5.04. The minimum atomic E-state index is -0.237. The number of thiazole rings is 1. The highest BCUT2D eigenvalue weighted by molar-refractivity contribution is 7.99. The third-order valence-corrected chi connectivity index (χ3v) is 7.49. The van der Waals surface area contributed by atoms with E-state index in [4.69, 9.17) is 11.6 Å². The Bertz CT molecular complexity index is 997. The molecule has 0 aliphatic carbocycles. The normalized spacial score (nSPS) is 11.0. The van der Waals surface area contributed by atoms with Gasteiger partial charge < -0.3 is 4.90 Å². The van der Waals surface area contributed by atoms with Crippen LogP contribution in [-0.4, -0.2) is 47.7 Å². The number of hydrogen-bond acceptors (Lipinski definition) is 5. The molecule has 0 bridgehead atoms. The molecule has 1 heterocycles. The van der Waals surface area contributed by atoms with Gasteiger partial charge in [0.25, 0.3) is 0 Å². The number of aromatic nitrogens is 1. The molecule has 4 nitrogen and oxygen atoms in total. The van der Waals surface area contributed by atoms with Gasteiger partial charge in [0, 0.05) is 24.4 Å². The Kier molecular flexibility index (Phi) is 11.2. The summed E-state index contributed by atoms with van der Waals surface area (Å²) in [5.74, 6) is 0.633. The van der Waals surface area contributed by atoms with E-state index < -0.39 is 0 Å². The summed E-state index contributed by atoms with van der Waals surface area (Å²) in [6.45, 7) is 7.53. The van der Waals surface area contributed by atoms with Crippen LogP contribution >= 0.6 is 47.1 Å². The number of benzene rings is 2. The molecule has 1 amide bonds. The lowest BCUT2D eigenvalue weighted by molar-refractivity contribution is -0.118. The number of carbonyl (C=O) groups is 1. The first kappa shape index (κ1) is 26.9. The fourth-order valence-corrected chi connectivity index (χ4v) is 5.37. The van der Waals surface area contributed by atoms with Crippen molar-refractivity contribution in [2.24, 2.45) is 0 Å². The van der Waals surface area contributed by atoms with Crippen LogP contribution in [0.1, 0.15) is 26.7 Å². The number of rotatable bonds is 11. The van der Waals surface area contributed by atoms with Gasteiger partial charge in [-0.1, -0.05) is 42.9 Å². The number of thioether (sulfide) groups is 1. The molecular formula is C23H28Cl2FN3OS2. The van der Waals surface area contributed by atoms with Crippen LogP contribution in [0.25, 0.3) is 10.2 Å². The van der Waals surface area contributed by atoms with E-state index in [9.17, 15) is 9.18 Å². The van der Waals surface area contributed by atoms with E-state index in [1.807, 2.05) is 23.1 Å². The second-order valence-corrected chi connectivity index (χ2v) is 9.65. The topological polar surface area (TPSA) is 36.4 Å². The molecule has 3 aromatic rings. The van der Waals surface area contributed by atoms with Gasteiger partial charge in [0.05, 0.1) is 9.72 Å². The van der Waals surface area contributed by atoms with E-state index in [0.717, 1.165) is 46.9 Å². The van der Waals surface area contributed by atoms with Crippen molar-refractivity contribution in [2.45, 2.75) is 31.6 Å². The molecule has 0 saturated carbocycles. The van der Waals surface area contributed by atoms with Gasteiger partial charge in [-0.15, -0.1) is 24.2 Å². The van der Waals surface area contributed by atoms with Gasteiger partial charge >= 0.3 is 0 Å². The number of fused-ring (bicyclic) bond motifs is 1. The van der Waals surface area contributed by atoms with Crippen molar-refractivity contribution < 1.29 is 9.18 Å². The largest absolute Gasteiger partial charge is 0.302 e. The van der Waals surface area contributed by atoms with E-state index in [0.29, 0.717) is 23.1 Å². The van der Waals surface area contributed by atoms with Crippen LogP contribution in [0.15, 0.2) is 47.4 Å². The summed E-state index contributed by atoms with van der Waals surface area (Å²) in [5.41, 5.74) is 0.747. The average molecular weight is 517 g/mol. The highest BCUT2D eigenvalue weighted by Crippen LogP contribution is 2.33. The quantitative estimate of drug-likeness (QED) is 0.209. The Balaban J connectivity index is 0.00000363. The minimum Gasteiger partial charge on any atom is -0.302 e. The summed E-state index contributed by atoms with van der Waals surface area (Å²) < 4.78 is 14.0. The standard InChI is InChI=1S/C23H27ClFN3OS2.ClH/c1-3-27(4-2)14-15-28(23-26-22-19(24)7-5-8-20(22)31-23)21(29)9-6-16-30-18-12-10-17(25)11-13-18;/h5,7-8,10-13H,3-4,6,9,14-16H2,1-2H3;1H. The fourth-order valence-electron chi connectivity index (χ4n) is 3.21. The zero-order chi connectivity index (χ0) is 22.2. The van der Waals surface area contributed by atoms with Crippen molar-refractivity contribution in [3.63, 3.8) is 0 Å². The number of hydrogen-bond donors (Lipinski definition) is 0. The summed E-state index contributed by atoms with van der Waals surface area (Å²) in [6, 6.07) is 12.2. The smallest absolute Gasteiger partial charge is 0.228 e. The van der Waals surface area contributed by atoms with Crippen LogP contribution in [-0.2, 0) is 4.79 Å². The average Bonchev–Trinajstić information content (AvgIpc) is 3.21. The number of nitrogens with zero attached hydrogens (tertiary/aromatic N) is 3. The van der Waals surface area contributed by atoms with Crippen LogP contribution in [0.3, 0.4) is 0 Å². The number of amides is 1. The number of para-hydroxylation sites is 1. The van der Waals surface area contributed by atoms with Gasteiger partial charge in [0.1, 0.15) is 11.3 Å². The molecule has 9 heteroatoms. The summed E-state index contributed by atoms with van der Waals surface area (Å²) >= 11 is 9.44. The molecular weight excluding hydrogens is 488 g/mol. The maximum atomic E-state index is 13.1. The van der Waals surface area contributed by atoms with Crippen LogP contribution in [0.5, 0.6) is 0 Å². The van der Waals surface area contributed by atoms with Crippen molar-refractivity contribution in [3.8, 4) is 0 Å². The zero-order valence-electron chi connectivity index (χ0n) is 18.2. The monoisotopic (exact) mass is 515 g/mol. The van der Waals surface area contributed by atoms with Crippen molar-refractivity contribution in [2.75, 3.05) is 36.8 Å². The van der Waals surface area contributed by atoms with Crippen molar-refractivity contribution in [3.05, 3.63) is 53.3 Å². The number of halogens is 3. The molecule has 0 fully saturated rings. The lowest BCUT2D eigenvalue weighted by Crippen LogP contribution is -2.38. The highest BCUT2D eigenvalue weighted by Gasteiger charge is 2.20. The van der Waals surface area contributed by atoms with Gasteiger partial charge in [-0.2, -0.15) is 0 Å². The second kappa shape index (κ2) is 13.4. The predicted octanol–water partition coefficient (Wildman–Crippen LogP) is 6.76. The lowest BCUT2D eigenvalue weighted by Gasteiger charge is -2.24. The van der Waals surface area contributed by atoms with Gasteiger partial charge in [-0.25, -0.2) is 9.37 Å². The Morgan fingerprint density at radius 1 is 1.12 bits per heavy atom. The molecule has 174 valence electrons.